The van der Waals surface area contributed by atoms with Crippen molar-refractivity contribution < 1.29 is 10.2 Å². The van der Waals surface area contributed by atoms with Crippen LogP contribution >= 0.6 is 0 Å². The van der Waals surface area contributed by atoms with E-state index in [2.05, 4.69) is 4.98 Å². The smallest absolute Gasteiger partial charge is 0.328 e. The van der Waals surface area contributed by atoms with Gasteiger partial charge in [0.1, 0.15) is 0 Å². The number of nitrogens with one attached hydrogen (secondary N) is 1. The predicted octanol–water partition coefficient (Wildman–Crippen LogP) is -1.48. The molecule has 1 saturated heterocycles. The molecule has 0 radical (unpaired) electrons. The maximum atomic E-state index is 11.7. The zero-order valence-corrected chi connectivity index (χ0v) is 11.6. The van der Waals surface area contributed by atoms with Gasteiger partial charge in [-0.05, 0) is 19.9 Å². The van der Waals surface area contributed by atoms with E-state index in [1.165, 1.54) is 6.07 Å². The van der Waals surface area contributed by atoms with Crippen LogP contribution in [-0.4, -0.2) is 57.0 Å². The Morgan fingerprint density at radius 2 is 2.15 bits per heavy atom. The number of aryl methyl sites for hydroxylation is 1. The average molecular weight is 283 g/mol. The highest BCUT2D eigenvalue weighted by molar-refractivity contribution is 4.96. The summed E-state index contributed by atoms with van der Waals surface area (Å²) < 4.78 is 1.16. The molecule has 20 heavy (non-hydrogen) atoms. The molecule has 0 bridgehead atoms. The molecular weight excluding hydrogens is 262 g/mol. The van der Waals surface area contributed by atoms with Gasteiger partial charge in [-0.2, -0.15) is 0 Å². The molecule has 1 aliphatic heterocycles. The van der Waals surface area contributed by atoms with Crippen LogP contribution in [0.5, 0.6) is 0 Å². The Balaban J connectivity index is 1.97. The first kappa shape index (κ1) is 15.0. The van der Waals surface area contributed by atoms with E-state index in [1.54, 1.807) is 6.92 Å². The van der Waals surface area contributed by atoms with Gasteiger partial charge < -0.3 is 15.2 Å². The van der Waals surface area contributed by atoms with Crippen LogP contribution in [0.2, 0.25) is 0 Å². The molecule has 2 heterocycles. The fraction of sp³-hybridized carbons (Fsp3) is 0.692. The van der Waals surface area contributed by atoms with Crippen molar-refractivity contribution in [1.82, 2.24) is 14.5 Å². The number of aromatic nitrogens is 2. The maximum Gasteiger partial charge on any atom is 0.328 e. The Morgan fingerprint density at radius 1 is 1.40 bits per heavy atom. The van der Waals surface area contributed by atoms with Crippen molar-refractivity contribution in [3.8, 4) is 0 Å². The lowest BCUT2D eigenvalue weighted by molar-refractivity contribution is -0.00283. The Labute approximate surface area is 116 Å². The summed E-state index contributed by atoms with van der Waals surface area (Å²) in [6, 6.07) is 1.40. The Hall–Kier alpha value is -1.44. The second-order valence-corrected chi connectivity index (χ2v) is 5.35. The SMILES string of the molecule is Cc1cc(=O)n(CCN2CC[C@H](CO)[C@H](O)C2)c(=O)[nH]1. The van der Waals surface area contributed by atoms with E-state index in [9.17, 15) is 14.7 Å². The molecule has 7 heteroatoms. The summed E-state index contributed by atoms with van der Waals surface area (Å²) in [7, 11) is 0. The van der Waals surface area contributed by atoms with E-state index in [-0.39, 0.29) is 18.1 Å². The maximum absolute atomic E-state index is 11.7. The van der Waals surface area contributed by atoms with Gasteiger partial charge in [-0.3, -0.25) is 14.3 Å². The molecule has 0 saturated carbocycles. The average Bonchev–Trinajstić information content (AvgIpc) is 2.37. The summed E-state index contributed by atoms with van der Waals surface area (Å²) in [5.74, 6) is -0.0725. The van der Waals surface area contributed by atoms with Crippen LogP contribution in [0.3, 0.4) is 0 Å². The lowest BCUT2D eigenvalue weighted by Crippen LogP contribution is -2.47. The second kappa shape index (κ2) is 6.34. The minimum atomic E-state index is -0.554. The van der Waals surface area contributed by atoms with Crippen molar-refractivity contribution >= 4 is 0 Å². The first-order valence-corrected chi connectivity index (χ1v) is 6.83. The first-order valence-electron chi connectivity index (χ1n) is 6.83. The molecule has 112 valence electrons. The molecule has 2 atom stereocenters. The molecule has 1 aromatic rings. The van der Waals surface area contributed by atoms with Gasteiger partial charge >= 0.3 is 5.69 Å². The van der Waals surface area contributed by atoms with E-state index in [1.807, 2.05) is 4.90 Å². The summed E-state index contributed by atoms with van der Waals surface area (Å²) in [5, 5.41) is 18.9. The van der Waals surface area contributed by atoms with E-state index in [0.29, 0.717) is 25.3 Å². The highest BCUT2D eigenvalue weighted by atomic mass is 16.3. The molecule has 2 rings (SSSR count). The zero-order valence-electron chi connectivity index (χ0n) is 11.6. The number of rotatable bonds is 4. The fourth-order valence-corrected chi connectivity index (χ4v) is 2.55. The van der Waals surface area contributed by atoms with Crippen molar-refractivity contribution in [3.05, 3.63) is 32.6 Å². The highest BCUT2D eigenvalue weighted by Gasteiger charge is 2.26. The largest absolute Gasteiger partial charge is 0.396 e. The Bertz CT molecular complexity index is 534. The molecule has 7 nitrogen and oxygen atoms in total. The lowest BCUT2D eigenvalue weighted by atomic mass is 9.95. The van der Waals surface area contributed by atoms with Gasteiger partial charge in [0.2, 0.25) is 0 Å². The Morgan fingerprint density at radius 3 is 2.75 bits per heavy atom. The fourth-order valence-electron chi connectivity index (χ4n) is 2.55. The van der Waals surface area contributed by atoms with Crippen LogP contribution in [0.15, 0.2) is 15.7 Å². The van der Waals surface area contributed by atoms with Gasteiger partial charge in [-0.1, -0.05) is 0 Å². The summed E-state index contributed by atoms with van der Waals surface area (Å²) in [6.45, 7) is 3.70. The molecule has 0 amide bonds. The number of likely N-dealkylation sites (tertiary alicyclic amines) is 1. The number of β-amino-alcohol motifs (C(OH)–C–C–N with tert-alkyl or cyclic N) is 1. The Kier molecular flexibility index (Phi) is 4.74. The number of aliphatic hydroxyl groups excluding tert-OH is 2. The van der Waals surface area contributed by atoms with Crippen LogP contribution in [-0.2, 0) is 6.54 Å². The molecule has 1 fully saturated rings. The number of hydrogen-bond donors (Lipinski definition) is 3. The number of piperidine rings is 1. The van der Waals surface area contributed by atoms with Crippen LogP contribution in [0.1, 0.15) is 12.1 Å². The van der Waals surface area contributed by atoms with Crippen LogP contribution in [0.25, 0.3) is 0 Å². The van der Waals surface area contributed by atoms with Crippen molar-refractivity contribution in [2.75, 3.05) is 26.2 Å². The number of aromatic amines is 1. The van der Waals surface area contributed by atoms with Crippen molar-refractivity contribution in [3.63, 3.8) is 0 Å². The third-order valence-electron chi connectivity index (χ3n) is 3.84. The third kappa shape index (κ3) is 3.36. The molecule has 1 aliphatic rings. The molecular formula is C13H21N3O4. The molecule has 1 aromatic heterocycles. The lowest BCUT2D eigenvalue weighted by Gasteiger charge is -2.35. The van der Waals surface area contributed by atoms with Gasteiger partial charge in [-0.25, -0.2) is 4.79 Å². The molecule has 0 aromatic carbocycles. The third-order valence-corrected chi connectivity index (χ3v) is 3.84. The highest BCUT2D eigenvalue weighted by Crippen LogP contribution is 2.16. The zero-order chi connectivity index (χ0) is 14.7. The second-order valence-electron chi connectivity index (χ2n) is 5.35. The van der Waals surface area contributed by atoms with E-state index in [0.717, 1.165) is 17.5 Å². The van der Waals surface area contributed by atoms with E-state index < -0.39 is 11.8 Å². The summed E-state index contributed by atoms with van der Waals surface area (Å²) in [4.78, 5) is 28.0. The van der Waals surface area contributed by atoms with E-state index in [4.69, 9.17) is 5.11 Å². The monoisotopic (exact) mass is 283 g/mol. The number of aliphatic hydroxyl groups is 2. The van der Waals surface area contributed by atoms with Crippen molar-refractivity contribution in [1.29, 1.82) is 0 Å². The number of H-pyrrole nitrogens is 1. The quantitative estimate of drug-likeness (QED) is 0.626. The minimum absolute atomic E-state index is 0.00784. The molecule has 0 spiro atoms. The normalized spacial score (nSPS) is 23.9. The molecule has 3 N–H and O–H groups in total. The van der Waals surface area contributed by atoms with Gasteiger partial charge in [-0.15, -0.1) is 0 Å². The number of nitrogens with zero attached hydrogens (tertiary/aromatic N) is 2. The van der Waals surface area contributed by atoms with Gasteiger partial charge in [0.05, 0.1) is 6.10 Å². The molecule has 0 unspecified atom stereocenters. The standard InChI is InChI=1S/C13H21N3O4/c1-9-6-12(19)16(13(20)14-9)5-4-15-3-2-10(8-17)11(18)7-15/h6,10-11,17-18H,2-5,7-8H2,1H3,(H,14,20)/t10-,11-/m1/s1. The topological polar surface area (TPSA) is 98.6 Å². The number of hydrogen-bond acceptors (Lipinski definition) is 5. The van der Waals surface area contributed by atoms with Crippen molar-refractivity contribution in [2.24, 2.45) is 5.92 Å². The van der Waals surface area contributed by atoms with Crippen molar-refractivity contribution in [2.45, 2.75) is 26.0 Å². The van der Waals surface area contributed by atoms with E-state index >= 15 is 0 Å². The summed E-state index contributed by atoms with van der Waals surface area (Å²) in [6.07, 6.45) is 0.165. The minimum Gasteiger partial charge on any atom is -0.396 e. The van der Waals surface area contributed by atoms with Gasteiger partial charge in [0.25, 0.3) is 5.56 Å². The van der Waals surface area contributed by atoms with Crippen LogP contribution in [0.4, 0.5) is 0 Å². The van der Waals surface area contributed by atoms with Crippen LogP contribution < -0.4 is 11.2 Å². The van der Waals surface area contributed by atoms with Gasteiger partial charge in [0, 0.05) is 43.9 Å². The first-order chi connectivity index (χ1) is 9.51. The van der Waals surface area contributed by atoms with Gasteiger partial charge in [0.15, 0.2) is 0 Å². The summed E-state index contributed by atoms with van der Waals surface area (Å²) >= 11 is 0. The predicted molar refractivity (Wildman–Crippen MR) is 73.7 cm³/mol. The molecule has 0 aliphatic carbocycles. The summed E-state index contributed by atoms with van der Waals surface area (Å²) in [5.41, 5.74) is -0.159. The van der Waals surface area contributed by atoms with Crippen LogP contribution in [0, 0.1) is 12.8 Å².